The first-order chi connectivity index (χ1) is 10.2. The van der Waals surface area contributed by atoms with Crippen LogP contribution in [0.5, 0.6) is 0 Å². The van der Waals surface area contributed by atoms with Crippen LogP contribution in [-0.2, 0) is 28.3 Å². The van der Waals surface area contributed by atoms with Crippen molar-refractivity contribution in [2.45, 2.75) is 48.5 Å². The Morgan fingerprint density at radius 1 is 0.682 bits per heavy atom. The lowest BCUT2D eigenvalue weighted by atomic mass is 10.2. The Kier molecular flexibility index (Phi) is 12.4. The molecule has 0 saturated heterocycles. The maximum Gasteiger partial charge on any atom is 0.870 e. The Hall–Kier alpha value is -1.57. The molecule has 22 heavy (non-hydrogen) atoms. The van der Waals surface area contributed by atoms with Crippen LogP contribution in [0.4, 0.5) is 0 Å². The molecule has 0 aliphatic heterocycles. The summed E-state index contributed by atoms with van der Waals surface area (Å²) >= 11 is 0. The third kappa shape index (κ3) is 11.1. The molecule has 0 rings (SSSR count). The highest BCUT2D eigenvalue weighted by atomic mass is 16.8. The lowest BCUT2D eigenvalue weighted by Gasteiger charge is -2.34. The highest BCUT2D eigenvalue weighted by Crippen LogP contribution is 2.03. The summed E-state index contributed by atoms with van der Waals surface area (Å²) in [6, 6.07) is 0. The summed E-state index contributed by atoms with van der Waals surface area (Å²) in [6.07, 6.45) is 0. The number of carbonyl (C=O) groups is 3. The zero-order valence-electron chi connectivity index (χ0n) is 14.8. The second kappa shape index (κ2) is 12.0. The number of rotatable bonds is 7. The third-order valence-electron chi connectivity index (χ3n) is 3.47. The summed E-state index contributed by atoms with van der Waals surface area (Å²) in [6.45, 7) is 17.5. The van der Waals surface area contributed by atoms with Gasteiger partial charge in [0.1, 0.15) is 0 Å². The first-order valence-electron chi connectivity index (χ1n) is 7.53. The molecule has 7 nitrogen and oxygen atoms in total. The van der Waals surface area contributed by atoms with Crippen LogP contribution in [0.3, 0.4) is 0 Å². The molecular weight excluding hydrogens is 289 g/mol. The van der Waals surface area contributed by atoms with Crippen LogP contribution >= 0.6 is 0 Å². The summed E-state index contributed by atoms with van der Waals surface area (Å²) in [5, 5.41) is 0. The predicted octanol–water partition coefficient (Wildman–Crippen LogP) is 1.54. The summed E-state index contributed by atoms with van der Waals surface area (Å²) in [5.41, 5.74) is 0. The molecule has 0 N–H and O–H groups in total. The standard InChI is InChI=1S/C8H20N.C6H9BO6/c1-5-9(6-2,7-3)8-4;1-4(8)11-7(12-5(2)9)13-6(3)10/h5-8H2,1-4H3;1-3H3/q+1;. The van der Waals surface area contributed by atoms with Crippen LogP contribution in [-0.4, -0.2) is 55.9 Å². The van der Waals surface area contributed by atoms with Crippen molar-refractivity contribution in [2.24, 2.45) is 0 Å². The third-order valence-corrected chi connectivity index (χ3v) is 3.47. The smallest absolute Gasteiger partial charge is 0.462 e. The normalized spacial score (nSPS) is 9.95. The van der Waals surface area contributed by atoms with E-state index in [4.69, 9.17) is 0 Å². The minimum atomic E-state index is -1.59. The van der Waals surface area contributed by atoms with Gasteiger partial charge in [0, 0.05) is 20.8 Å². The molecule has 0 bridgehead atoms. The van der Waals surface area contributed by atoms with Crippen LogP contribution in [0.1, 0.15) is 48.5 Å². The fourth-order valence-corrected chi connectivity index (χ4v) is 1.82. The number of hydrogen-bond acceptors (Lipinski definition) is 6. The van der Waals surface area contributed by atoms with Crippen LogP contribution in [0.15, 0.2) is 0 Å². The van der Waals surface area contributed by atoms with E-state index in [-0.39, 0.29) is 0 Å². The highest BCUT2D eigenvalue weighted by Gasteiger charge is 2.33. The van der Waals surface area contributed by atoms with E-state index in [1.54, 1.807) is 0 Å². The van der Waals surface area contributed by atoms with Gasteiger partial charge in [-0.25, -0.2) is 0 Å². The van der Waals surface area contributed by atoms with E-state index in [1.165, 1.54) is 30.7 Å². The van der Waals surface area contributed by atoms with Gasteiger partial charge in [-0.1, -0.05) is 0 Å². The molecule has 0 heterocycles. The molecule has 0 amide bonds. The minimum Gasteiger partial charge on any atom is -0.462 e. The Morgan fingerprint density at radius 2 is 0.909 bits per heavy atom. The molecule has 0 aliphatic carbocycles. The molecule has 0 aromatic rings. The van der Waals surface area contributed by atoms with Crippen LogP contribution in [0, 0.1) is 0 Å². The Morgan fingerprint density at radius 3 is 1.00 bits per heavy atom. The quantitative estimate of drug-likeness (QED) is 0.523. The van der Waals surface area contributed by atoms with Crippen LogP contribution < -0.4 is 0 Å². The molecule has 0 saturated carbocycles. The van der Waals surface area contributed by atoms with E-state index < -0.39 is 25.2 Å². The monoisotopic (exact) mass is 318 g/mol. The van der Waals surface area contributed by atoms with Crippen molar-refractivity contribution in [3.63, 3.8) is 0 Å². The van der Waals surface area contributed by atoms with Gasteiger partial charge in [-0.15, -0.1) is 0 Å². The van der Waals surface area contributed by atoms with Crippen molar-refractivity contribution < 1.29 is 32.8 Å². The van der Waals surface area contributed by atoms with Gasteiger partial charge in [-0.3, -0.25) is 14.4 Å². The Bertz CT molecular complexity index is 302. The molecule has 0 fully saturated rings. The summed E-state index contributed by atoms with van der Waals surface area (Å²) < 4.78 is 14.3. The van der Waals surface area contributed by atoms with Crippen molar-refractivity contribution in [1.82, 2.24) is 0 Å². The zero-order valence-corrected chi connectivity index (χ0v) is 14.8. The maximum absolute atomic E-state index is 10.4. The minimum absolute atomic E-state index is 0.715. The lowest BCUT2D eigenvalue weighted by Crippen LogP contribution is -2.47. The molecule has 128 valence electrons. The predicted molar refractivity (Wildman–Crippen MR) is 83.5 cm³/mol. The van der Waals surface area contributed by atoms with Gasteiger partial charge < -0.3 is 18.4 Å². The second-order valence-corrected chi connectivity index (χ2v) is 4.72. The fourth-order valence-electron chi connectivity index (χ4n) is 1.82. The van der Waals surface area contributed by atoms with Crippen LogP contribution in [0.25, 0.3) is 0 Å². The first kappa shape index (κ1) is 22.7. The molecule has 0 radical (unpaired) electrons. The average molecular weight is 318 g/mol. The Labute approximate surface area is 133 Å². The second-order valence-electron chi connectivity index (χ2n) is 4.72. The average Bonchev–Trinajstić information content (AvgIpc) is 2.40. The molecule has 0 aliphatic rings. The van der Waals surface area contributed by atoms with E-state index in [1.807, 2.05) is 0 Å². The van der Waals surface area contributed by atoms with E-state index in [9.17, 15) is 14.4 Å². The number of quaternary nitrogens is 1. The molecule has 0 spiro atoms. The van der Waals surface area contributed by atoms with Gasteiger partial charge in [0.05, 0.1) is 26.2 Å². The highest BCUT2D eigenvalue weighted by molar-refractivity contribution is 6.43. The van der Waals surface area contributed by atoms with E-state index in [0.717, 1.165) is 20.8 Å². The van der Waals surface area contributed by atoms with Crippen molar-refractivity contribution in [2.75, 3.05) is 26.2 Å². The fraction of sp³-hybridized carbons (Fsp3) is 0.786. The molecule has 0 aromatic heterocycles. The number of hydrogen-bond donors (Lipinski definition) is 0. The summed E-state index contributed by atoms with van der Waals surface area (Å²) in [5.74, 6) is -2.15. The molecular formula is C14H29BNO6+. The summed E-state index contributed by atoms with van der Waals surface area (Å²) in [7, 11) is -1.59. The van der Waals surface area contributed by atoms with Gasteiger partial charge in [0.15, 0.2) is 0 Å². The van der Waals surface area contributed by atoms with Crippen molar-refractivity contribution in [1.29, 1.82) is 0 Å². The number of carbonyl (C=O) groups excluding carboxylic acids is 3. The van der Waals surface area contributed by atoms with Crippen LogP contribution in [0.2, 0.25) is 0 Å². The molecule has 0 aromatic carbocycles. The van der Waals surface area contributed by atoms with Gasteiger partial charge in [-0.2, -0.15) is 0 Å². The first-order valence-corrected chi connectivity index (χ1v) is 7.53. The molecule has 0 unspecified atom stereocenters. The van der Waals surface area contributed by atoms with E-state index >= 15 is 0 Å². The van der Waals surface area contributed by atoms with Gasteiger partial charge in [-0.05, 0) is 27.7 Å². The van der Waals surface area contributed by atoms with Gasteiger partial charge in [0.25, 0.3) is 17.9 Å². The van der Waals surface area contributed by atoms with E-state index in [0.29, 0.717) is 0 Å². The molecule has 8 heteroatoms. The largest absolute Gasteiger partial charge is 0.870 e. The topological polar surface area (TPSA) is 78.9 Å². The van der Waals surface area contributed by atoms with E-state index in [2.05, 4.69) is 41.7 Å². The zero-order chi connectivity index (χ0) is 17.8. The SMILES string of the molecule is CC(=O)OB(OC(C)=O)OC(C)=O.CC[N+](CC)(CC)CC. The van der Waals surface area contributed by atoms with Crippen molar-refractivity contribution in [3.8, 4) is 0 Å². The number of nitrogens with zero attached hydrogens (tertiary/aromatic N) is 1. The molecule has 0 atom stereocenters. The summed E-state index contributed by atoms with van der Waals surface area (Å²) in [4.78, 5) is 31.2. The van der Waals surface area contributed by atoms with Crippen molar-refractivity contribution in [3.05, 3.63) is 0 Å². The van der Waals surface area contributed by atoms with Gasteiger partial charge in [0.2, 0.25) is 0 Å². The maximum atomic E-state index is 10.4. The van der Waals surface area contributed by atoms with Gasteiger partial charge >= 0.3 is 7.32 Å². The Balaban J connectivity index is 0. The van der Waals surface area contributed by atoms with Crippen molar-refractivity contribution >= 4 is 25.2 Å². The lowest BCUT2D eigenvalue weighted by molar-refractivity contribution is -0.921.